The molecule has 24 nitrogen and oxygen atoms in total. The monoisotopic (exact) mass is 873 g/mol. The maximum atomic E-state index is 12.5. The van der Waals surface area contributed by atoms with Gasteiger partial charge in [-0.2, -0.15) is 0 Å². The van der Waals surface area contributed by atoms with Gasteiger partial charge in [-0.1, -0.05) is 45.0 Å². The van der Waals surface area contributed by atoms with Crippen molar-refractivity contribution in [1.82, 2.24) is 30.2 Å². The number of amides is 2. The van der Waals surface area contributed by atoms with E-state index < -0.39 is 84.6 Å². The number of nitrogens with zero attached hydrogens (tertiary/aromatic N) is 4. The Hall–Kier alpha value is -2.70. The number of aliphatic hydroxyl groups excluding tert-OH is 2. The second kappa shape index (κ2) is 20.3. The third-order valence-electron chi connectivity index (χ3n) is 7.77. The van der Waals surface area contributed by atoms with E-state index in [-0.39, 0.29) is 41.6 Å². The van der Waals surface area contributed by atoms with Crippen LogP contribution in [-0.4, -0.2) is 103 Å². The number of rotatable bonds is 22. The number of aliphatic hydroxyl groups is 2. The van der Waals surface area contributed by atoms with E-state index in [2.05, 4.69) is 43.5 Å². The molecular formula is C28H42N7O17P3S-4. The van der Waals surface area contributed by atoms with Gasteiger partial charge < -0.3 is 69.0 Å². The number of phosphoric acid groups is 3. The average Bonchev–Trinajstić information content (AvgIpc) is 3.66. The molecule has 2 amide bonds. The molecule has 28 heteroatoms. The van der Waals surface area contributed by atoms with Gasteiger partial charge in [0.1, 0.15) is 36.3 Å². The molecule has 0 spiro atoms. The summed E-state index contributed by atoms with van der Waals surface area (Å²) in [6.45, 7) is 3.79. The van der Waals surface area contributed by atoms with E-state index in [1.54, 1.807) is 6.92 Å². The predicted octanol–water partition coefficient (Wildman–Crippen LogP) is -2.12. The van der Waals surface area contributed by atoms with E-state index in [0.717, 1.165) is 41.8 Å². The van der Waals surface area contributed by atoms with Crippen LogP contribution in [0.25, 0.3) is 11.2 Å². The van der Waals surface area contributed by atoms with Crippen molar-refractivity contribution in [2.45, 2.75) is 77.6 Å². The molecule has 2 unspecified atom stereocenters. The predicted molar refractivity (Wildman–Crippen MR) is 187 cm³/mol. The number of fused-ring (bicyclic) bond motifs is 1. The fraction of sp³-hybridized carbons (Fsp3) is 0.643. The van der Waals surface area contributed by atoms with Gasteiger partial charge in [0.2, 0.25) is 16.9 Å². The second-order valence-electron chi connectivity index (χ2n) is 12.8. The number of nitrogen functional groups attached to an aromatic ring is 1. The topological polar surface area (TPSA) is 375 Å². The van der Waals surface area contributed by atoms with Crippen molar-refractivity contribution >= 4 is 69.1 Å². The molecule has 0 saturated carbocycles. The number of hydrogen-bond donors (Lipinski definition) is 5. The van der Waals surface area contributed by atoms with E-state index in [1.165, 1.54) is 13.8 Å². The van der Waals surface area contributed by atoms with Crippen LogP contribution in [0.3, 0.4) is 0 Å². The first-order valence-electron chi connectivity index (χ1n) is 16.6. The smallest absolute Gasteiger partial charge is 0.274 e. The summed E-state index contributed by atoms with van der Waals surface area (Å²) in [6.07, 6.45) is -4.05. The molecule has 6 N–H and O–H groups in total. The maximum Gasteiger partial charge on any atom is 0.274 e. The fourth-order valence-corrected chi connectivity index (χ4v) is 8.25. The normalized spacial score (nSPS) is 22.0. The SMILES string of the molecule is CCCC=C(C)C(=O)SCCNC(=O)CCNC(=O)[C@H](O)C(C)(C)COP(=O)([O-])OP(=O)([O-])OC[C@H]1O[C@@H](n2cnc3c(N)ncnc32)[C@H](O)[C@@H]1OP(=O)([O-])[O-]. The van der Waals surface area contributed by atoms with Crippen LogP contribution < -0.4 is 35.9 Å². The minimum Gasteiger partial charge on any atom is -0.790 e. The lowest BCUT2D eigenvalue weighted by atomic mass is 9.87. The standard InChI is InChI=1S/C28H46N7O17P3S/c1-5-6-7-16(2)27(40)56-11-10-30-18(36)8-9-31-25(39)22(38)28(3,4)13-49-55(46,47)52-54(44,45)48-12-17-21(51-53(41,42)43)20(37)26(50-17)35-15-34-19-23(29)32-14-33-24(19)35/h7,14-15,17,20-22,26,37-38H,5-6,8-13H2,1-4H3,(H,30,36)(H,31,39)(H,44,45)(H,46,47)(H2,29,32,33)(H2,41,42,43)/p-4/t17-,20-,21-,22+,26-/m1/s1. The number of unbranched alkanes of at least 4 members (excludes halogenated alkanes) is 1. The highest BCUT2D eigenvalue weighted by molar-refractivity contribution is 8.14. The van der Waals surface area contributed by atoms with Crippen molar-refractivity contribution in [3.8, 4) is 0 Å². The van der Waals surface area contributed by atoms with Crippen LogP contribution in [0.5, 0.6) is 0 Å². The highest BCUT2D eigenvalue weighted by Gasteiger charge is 2.47. The summed E-state index contributed by atoms with van der Waals surface area (Å²) in [7, 11) is -17.6. The third-order valence-corrected chi connectivity index (χ3v) is 11.8. The molecule has 2 aromatic rings. The zero-order valence-electron chi connectivity index (χ0n) is 30.4. The molecule has 1 aliphatic heterocycles. The van der Waals surface area contributed by atoms with Gasteiger partial charge in [0, 0.05) is 30.7 Å². The molecule has 3 heterocycles. The number of nitrogens with two attached hydrogens (primary N) is 1. The zero-order chi connectivity index (χ0) is 42.1. The summed E-state index contributed by atoms with van der Waals surface area (Å²) in [5.74, 6) is -1.23. The first-order valence-corrected chi connectivity index (χ1v) is 22.0. The molecule has 56 heavy (non-hydrogen) atoms. The number of hydrogen-bond acceptors (Lipinski definition) is 22. The van der Waals surface area contributed by atoms with Crippen molar-refractivity contribution in [2.75, 3.05) is 37.8 Å². The van der Waals surface area contributed by atoms with Gasteiger partial charge in [0.15, 0.2) is 17.7 Å². The minimum atomic E-state index is -5.91. The molecule has 0 aliphatic carbocycles. The molecule has 1 aliphatic rings. The molecule has 1 fully saturated rings. The van der Waals surface area contributed by atoms with Crippen LogP contribution in [0.2, 0.25) is 0 Å². The van der Waals surface area contributed by atoms with E-state index in [0.29, 0.717) is 11.3 Å². The molecule has 1 saturated heterocycles. The number of thioether (sulfide) groups is 1. The number of carbonyl (C=O) groups is 3. The largest absolute Gasteiger partial charge is 0.790 e. The number of anilines is 1. The summed E-state index contributed by atoms with van der Waals surface area (Å²) in [6, 6.07) is 0. The Labute approximate surface area is 324 Å². The highest BCUT2D eigenvalue weighted by atomic mass is 32.2. The summed E-state index contributed by atoms with van der Waals surface area (Å²) >= 11 is 1.05. The lowest BCUT2D eigenvalue weighted by molar-refractivity contribution is -0.347. The number of phosphoric ester groups is 3. The summed E-state index contributed by atoms with van der Waals surface area (Å²) in [5.41, 5.74) is 4.69. The second-order valence-corrected chi connectivity index (χ2v) is 17.9. The Balaban J connectivity index is 1.49. The molecular weight excluding hydrogens is 831 g/mol. The third kappa shape index (κ3) is 14.3. The van der Waals surface area contributed by atoms with Gasteiger partial charge in [-0.05, 0) is 18.9 Å². The molecule has 316 valence electrons. The van der Waals surface area contributed by atoms with E-state index in [9.17, 15) is 57.9 Å². The van der Waals surface area contributed by atoms with Crippen molar-refractivity contribution in [3.63, 3.8) is 0 Å². The highest BCUT2D eigenvalue weighted by Crippen LogP contribution is 2.56. The van der Waals surface area contributed by atoms with Gasteiger partial charge in [-0.15, -0.1) is 0 Å². The Morgan fingerprint density at radius 2 is 1.79 bits per heavy atom. The van der Waals surface area contributed by atoms with Gasteiger partial charge >= 0.3 is 0 Å². The van der Waals surface area contributed by atoms with Crippen LogP contribution in [0.15, 0.2) is 24.3 Å². The molecule has 0 radical (unpaired) electrons. The lowest BCUT2D eigenvalue weighted by Gasteiger charge is -2.36. The van der Waals surface area contributed by atoms with E-state index in [4.69, 9.17) is 10.5 Å². The van der Waals surface area contributed by atoms with Gasteiger partial charge in [-0.25, -0.2) is 19.3 Å². The number of ether oxygens (including phenoxy) is 1. The fourth-order valence-electron chi connectivity index (χ4n) is 4.81. The summed E-state index contributed by atoms with van der Waals surface area (Å²) in [4.78, 5) is 96.1. The average molecular weight is 874 g/mol. The van der Waals surface area contributed by atoms with E-state index in [1.807, 2.05) is 13.0 Å². The van der Waals surface area contributed by atoms with Gasteiger partial charge in [0.05, 0.1) is 27.4 Å². The number of carbonyl (C=O) groups excluding carboxylic acids is 3. The number of allylic oxidation sites excluding steroid dienone is 1. The van der Waals surface area contributed by atoms with Crippen molar-refractivity contribution in [2.24, 2.45) is 5.41 Å². The van der Waals surface area contributed by atoms with E-state index >= 15 is 0 Å². The molecule has 3 rings (SSSR count). The van der Waals surface area contributed by atoms with Crippen LogP contribution in [0, 0.1) is 5.41 Å². The Bertz CT molecular complexity index is 1880. The van der Waals surface area contributed by atoms with Crippen molar-refractivity contribution in [1.29, 1.82) is 0 Å². The van der Waals surface area contributed by atoms with Crippen LogP contribution in [0.4, 0.5) is 5.82 Å². The van der Waals surface area contributed by atoms with Gasteiger partial charge in [-0.3, -0.25) is 28.1 Å². The first kappa shape index (κ1) is 47.7. The number of aromatic nitrogens is 4. The van der Waals surface area contributed by atoms with Crippen LogP contribution >= 0.6 is 35.2 Å². The summed E-state index contributed by atoms with van der Waals surface area (Å²) in [5, 5.41) is 26.1. The summed E-state index contributed by atoms with van der Waals surface area (Å²) < 4.78 is 60.5. The molecule has 0 bridgehead atoms. The first-order chi connectivity index (χ1) is 26.0. The number of nitrogens with one attached hydrogen (secondary N) is 2. The molecule has 0 aromatic carbocycles. The minimum absolute atomic E-state index is 0.0213. The van der Waals surface area contributed by atoms with Crippen molar-refractivity contribution < 1.29 is 80.5 Å². The van der Waals surface area contributed by atoms with Crippen molar-refractivity contribution in [3.05, 3.63) is 24.3 Å². The number of imidazole rings is 1. The van der Waals surface area contributed by atoms with Crippen LogP contribution in [-0.2, 0) is 50.7 Å². The van der Waals surface area contributed by atoms with Gasteiger partial charge in [0.25, 0.3) is 15.6 Å². The van der Waals surface area contributed by atoms with Crippen LogP contribution in [0.1, 0.15) is 53.2 Å². The Morgan fingerprint density at radius 1 is 1.11 bits per heavy atom. The molecule has 2 aromatic heterocycles. The molecule has 7 atom stereocenters. The maximum absolute atomic E-state index is 12.5. The Morgan fingerprint density at radius 3 is 2.45 bits per heavy atom. The Kier molecular flexibility index (Phi) is 17.3. The quantitative estimate of drug-likeness (QED) is 0.0480. The lowest BCUT2D eigenvalue weighted by Crippen LogP contribution is -2.46. The zero-order valence-corrected chi connectivity index (χ0v) is 33.9.